The number of hydrogen-bond acceptors (Lipinski definition) is 2. The van der Waals surface area contributed by atoms with Gasteiger partial charge in [0.2, 0.25) is 0 Å². The van der Waals surface area contributed by atoms with Crippen LogP contribution >= 0.6 is 0 Å². The first-order valence-electron chi connectivity index (χ1n) is 3.89. The smallest absolute Gasteiger partial charge is 0.0890 e. The van der Waals surface area contributed by atoms with Gasteiger partial charge in [0.1, 0.15) is 0 Å². The molecule has 0 spiro atoms. The third-order valence-electron chi connectivity index (χ3n) is 1.96. The van der Waals surface area contributed by atoms with Crippen molar-refractivity contribution in [3.8, 4) is 0 Å². The average molecular weight is 149 g/mol. The quantitative estimate of drug-likeness (QED) is 0.557. The van der Waals surface area contributed by atoms with Crippen LogP contribution in [-0.4, -0.2) is 11.6 Å². The van der Waals surface area contributed by atoms with Gasteiger partial charge in [0.25, 0.3) is 0 Å². The Morgan fingerprint density at radius 3 is 3.27 bits per heavy atom. The van der Waals surface area contributed by atoms with Crippen LogP contribution in [0.3, 0.4) is 0 Å². The van der Waals surface area contributed by atoms with Gasteiger partial charge in [-0.25, -0.2) is 0 Å². The number of fused-ring (bicyclic) bond motifs is 1. The fourth-order valence-electron chi connectivity index (χ4n) is 1.34. The largest absolute Gasteiger partial charge is 0.375 e. The van der Waals surface area contributed by atoms with Crippen LogP contribution in [0, 0.1) is 6.92 Å². The van der Waals surface area contributed by atoms with Gasteiger partial charge in [0, 0.05) is 5.69 Å². The molecule has 0 aromatic carbocycles. The van der Waals surface area contributed by atoms with Crippen LogP contribution in [0.4, 0.5) is 0 Å². The zero-order valence-electron chi connectivity index (χ0n) is 6.63. The molecule has 2 nitrogen and oxygen atoms in total. The summed E-state index contributed by atoms with van der Waals surface area (Å²) < 4.78 is 5.29. The SMILES string of the molecule is Cc1ccc2c(n1)COCC2. The van der Waals surface area contributed by atoms with Crippen molar-refractivity contribution in [1.82, 2.24) is 4.98 Å². The van der Waals surface area contributed by atoms with Crippen molar-refractivity contribution in [3.63, 3.8) is 0 Å². The molecule has 0 amide bonds. The fourth-order valence-corrected chi connectivity index (χ4v) is 1.34. The van der Waals surface area contributed by atoms with Gasteiger partial charge in [0.15, 0.2) is 0 Å². The van der Waals surface area contributed by atoms with Gasteiger partial charge in [0.05, 0.1) is 18.9 Å². The molecular formula is C9H11NO. The van der Waals surface area contributed by atoms with Crippen LogP contribution in [-0.2, 0) is 17.8 Å². The zero-order chi connectivity index (χ0) is 7.68. The van der Waals surface area contributed by atoms with Gasteiger partial charge < -0.3 is 4.74 Å². The van der Waals surface area contributed by atoms with E-state index in [4.69, 9.17) is 4.74 Å². The van der Waals surface area contributed by atoms with Crippen LogP contribution in [0.5, 0.6) is 0 Å². The summed E-state index contributed by atoms with van der Waals surface area (Å²) in [6, 6.07) is 4.21. The van der Waals surface area contributed by atoms with E-state index in [1.807, 2.05) is 6.92 Å². The van der Waals surface area contributed by atoms with Gasteiger partial charge in [-0.3, -0.25) is 4.98 Å². The molecule has 1 aliphatic rings. The van der Waals surface area contributed by atoms with Crippen LogP contribution in [0.2, 0.25) is 0 Å². The summed E-state index contributed by atoms with van der Waals surface area (Å²) >= 11 is 0. The highest BCUT2D eigenvalue weighted by Crippen LogP contribution is 2.14. The van der Waals surface area contributed by atoms with E-state index in [0.717, 1.165) is 24.4 Å². The van der Waals surface area contributed by atoms with E-state index in [0.29, 0.717) is 6.61 Å². The zero-order valence-corrected chi connectivity index (χ0v) is 6.63. The summed E-state index contributed by atoms with van der Waals surface area (Å²) in [5, 5.41) is 0. The highest BCUT2D eigenvalue weighted by Gasteiger charge is 2.09. The maximum atomic E-state index is 5.29. The third-order valence-corrected chi connectivity index (χ3v) is 1.96. The number of aromatic nitrogens is 1. The molecule has 0 bridgehead atoms. The van der Waals surface area contributed by atoms with Crippen molar-refractivity contribution >= 4 is 0 Å². The lowest BCUT2D eigenvalue weighted by atomic mass is 10.1. The molecule has 0 N–H and O–H groups in total. The Balaban J connectivity index is 2.43. The number of nitrogens with zero attached hydrogens (tertiary/aromatic N) is 1. The summed E-state index contributed by atoms with van der Waals surface area (Å²) in [5.74, 6) is 0. The highest BCUT2D eigenvalue weighted by molar-refractivity contribution is 5.23. The Labute approximate surface area is 66.2 Å². The van der Waals surface area contributed by atoms with Crippen LogP contribution in [0.1, 0.15) is 17.0 Å². The Bertz CT molecular complexity index is 270. The first-order valence-corrected chi connectivity index (χ1v) is 3.89. The van der Waals surface area contributed by atoms with Crippen molar-refractivity contribution in [3.05, 3.63) is 29.1 Å². The Morgan fingerprint density at radius 1 is 1.45 bits per heavy atom. The van der Waals surface area contributed by atoms with Crippen LogP contribution in [0.15, 0.2) is 12.1 Å². The summed E-state index contributed by atoms with van der Waals surface area (Å²) in [4.78, 5) is 4.39. The van der Waals surface area contributed by atoms with E-state index in [2.05, 4.69) is 17.1 Å². The predicted molar refractivity (Wildman–Crippen MR) is 42.3 cm³/mol. The number of pyridine rings is 1. The molecule has 2 heteroatoms. The number of aryl methyl sites for hydroxylation is 1. The average Bonchev–Trinajstić information content (AvgIpc) is 2.04. The number of ether oxygens (including phenoxy) is 1. The van der Waals surface area contributed by atoms with Gasteiger partial charge in [-0.05, 0) is 25.0 Å². The minimum atomic E-state index is 0.691. The third kappa shape index (κ3) is 1.26. The number of hydrogen-bond donors (Lipinski definition) is 0. The highest BCUT2D eigenvalue weighted by atomic mass is 16.5. The molecule has 1 aromatic rings. The van der Waals surface area contributed by atoms with Crippen molar-refractivity contribution in [1.29, 1.82) is 0 Å². The Kier molecular flexibility index (Phi) is 1.62. The molecule has 1 aromatic heterocycles. The molecule has 0 saturated carbocycles. The second-order valence-corrected chi connectivity index (χ2v) is 2.86. The molecule has 0 unspecified atom stereocenters. The Hall–Kier alpha value is -0.890. The van der Waals surface area contributed by atoms with Crippen LogP contribution < -0.4 is 0 Å². The maximum Gasteiger partial charge on any atom is 0.0890 e. The van der Waals surface area contributed by atoms with Gasteiger partial charge in [-0.15, -0.1) is 0 Å². The van der Waals surface area contributed by atoms with E-state index >= 15 is 0 Å². The first-order chi connectivity index (χ1) is 5.36. The van der Waals surface area contributed by atoms with E-state index in [1.165, 1.54) is 5.56 Å². The van der Waals surface area contributed by atoms with Gasteiger partial charge in [-0.2, -0.15) is 0 Å². The van der Waals surface area contributed by atoms with E-state index in [-0.39, 0.29) is 0 Å². The lowest BCUT2D eigenvalue weighted by Crippen LogP contribution is -2.11. The summed E-state index contributed by atoms with van der Waals surface area (Å²) in [7, 11) is 0. The molecule has 11 heavy (non-hydrogen) atoms. The molecule has 0 radical (unpaired) electrons. The fraction of sp³-hybridized carbons (Fsp3) is 0.444. The second-order valence-electron chi connectivity index (χ2n) is 2.86. The summed E-state index contributed by atoms with van der Waals surface area (Å²) in [6.45, 7) is 3.55. The Morgan fingerprint density at radius 2 is 2.36 bits per heavy atom. The standard InChI is InChI=1S/C9H11NO/c1-7-2-3-8-4-5-11-6-9(8)10-7/h2-3H,4-6H2,1H3. The van der Waals surface area contributed by atoms with Crippen molar-refractivity contribution in [2.45, 2.75) is 20.0 Å². The molecular weight excluding hydrogens is 138 g/mol. The predicted octanol–water partition coefficient (Wildman–Crippen LogP) is 1.46. The molecule has 0 aliphatic carbocycles. The minimum Gasteiger partial charge on any atom is -0.375 e. The minimum absolute atomic E-state index is 0.691. The van der Waals surface area contributed by atoms with Crippen molar-refractivity contribution < 1.29 is 4.74 Å². The molecule has 0 saturated heterocycles. The van der Waals surface area contributed by atoms with Crippen LogP contribution in [0.25, 0.3) is 0 Å². The van der Waals surface area contributed by atoms with E-state index in [9.17, 15) is 0 Å². The van der Waals surface area contributed by atoms with E-state index in [1.54, 1.807) is 0 Å². The molecule has 2 heterocycles. The summed E-state index contributed by atoms with van der Waals surface area (Å²) in [6.07, 6.45) is 1.02. The summed E-state index contributed by atoms with van der Waals surface area (Å²) in [5.41, 5.74) is 3.55. The molecule has 0 atom stereocenters. The normalized spacial score (nSPS) is 16.1. The topological polar surface area (TPSA) is 22.1 Å². The number of rotatable bonds is 0. The molecule has 0 fully saturated rings. The first kappa shape index (κ1) is 6.80. The maximum absolute atomic E-state index is 5.29. The lowest BCUT2D eigenvalue weighted by Gasteiger charge is -2.15. The van der Waals surface area contributed by atoms with Gasteiger partial charge in [-0.1, -0.05) is 6.07 Å². The molecule has 1 aliphatic heterocycles. The van der Waals surface area contributed by atoms with Crippen molar-refractivity contribution in [2.75, 3.05) is 6.61 Å². The second kappa shape index (κ2) is 2.62. The molecule has 2 rings (SSSR count). The van der Waals surface area contributed by atoms with Crippen molar-refractivity contribution in [2.24, 2.45) is 0 Å². The van der Waals surface area contributed by atoms with E-state index < -0.39 is 0 Å². The molecule has 58 valence electrons. The lowest BCUT2D eigenvalue weighted by molar-refractivity contribution is 0.107. The monoisotopic (exact) mass is 149 g/mol. The van der Waals surface area contributed by atoms with Gasteiger partial charge >= 0.3 is 0 Å².